The van der Waals surface area contributed by atoms with E-state index in [4.69, 9.17) is 5.73 Å². The van der Waals surface area contributed by atoms with Crippen molar-refractivity contribution in [3.05, 3.63) is 71.8 Å². The fraction of sp³-hybridized carbons (Fsp3) is 0.0556. The molecule has 3 N–H and O–H groups in total. The maximum Gasteiger partial charge on any atom is 0.274 e. The predicted octanol–water partition coefficient (Wildman–Crippen LogP) is 3.08. The molecule has 2 aromatic carbocycles. The maximum absolute atomic E-state index is 13.2. The van der Waals surface area contributed by atoms with Gasteiger partial charge in [-0.25, -0.2) is 9.37 Å². The first kappa shape index (κ1) is 17.7. The van der Waals surface area contributed by atoms with Crippen LogP contribution in [-0.2, 0) is 0 Å². The zero-order valence-electron chi connectivity index (χ0n) is 13.8. The number of nitrogens with one attached hydrogen (secondary N) is 1. The number of carbonyl (C=O) groups excluding carboxylic acids is 2. The average molecular weight is 370 g/mol. The lowest BCUT2D eigenvalue weighted by molar-refractivity contribution is 0.0995. The molecule has 1 aromatic heterocycles. The number of aromatic nitrogens is 2. The second-order valence-corrected chi connectivity index (χ2v) is 6.11. The van der Waals surface area contributed by atoms with Crippen LogP contribution in [0.25, 0.3) is 5.69 Å². The predicted molar refractivity (Wildman–Crippen MR) is 98.2 cm³/mol. The monoisotopic (exact) mass is 370 g/mol. The van der Waals surface area contributed by atoms with Crippen LogP contribution in [0.1, 0.15) is 20.8 Å². The highest BCUT2D eigenvalue weighted by molar-refractivity contribution is 7.98. The van der Waals surface area contributed by atoms with Crippen molar-refractivity contribution in [3.63, 3.8) is 0 Å². The molecule has 0 aliphatic carbocycles. The summed E-state index contributed by atoms with van der Waals surface area (Å²) < 4.78 is 14.8. The van der Waals surface area contributed by atoms with E-state index in [0.29, 0.717) is 22.1 Å². The van der Waals surface area contributed by atoms with Gasteiger partial charge in [0.1, 0.15) is 11.5 Å². The summed E-state index contributed by atoms with van der Waals surface area (Å²) in [6.45, 7) is 0. The van der Waals surface area contributed by atoms with Crippen LogP contribution >= 0.6 is 11.8 Å². The summed E-state index contributed by atoms with van der Waals surface area (Å²) in [5.74, 6) is -1.36. The molecule has 2 amide bonds. The van der Waals surface area contributed by atoms with Crippen molar-refractivity contribution in [2.24, 2.45) is 5.73 Å². The van der Waals surface area contributed by atoms with Crippen molar-refractivity contribution in [1.29, 1.82) is 0 Å². The van der Waals surface area contributed by atoms with Crippen LogP contribution in [0.5, 0.6) is 0 Å². The standard InChI is InChI=1S/C18H15FN4O2S/c1-26-18-21-10-15(23(18)14-7-5-12(19)6-8-14)17(25)22-13-4-2-3-11(9-13)16(20)24/h2-10H,1H3,(H2,20,24)(H,22,25). The van der Waals surface area contributed by atoms with Crippen LogP contribution in [0.15, 0.2) is 59.9 Å². The summed E-state index contributed by atoms with van der Waals surface area (Å²) in [5, 5.41) is 3.31. The first-order chi connectivity index (χ1) is 12.5. The summed E-state index contributed by atoms with van der Waals surface area (Å²) in [4.78, 5) is 28.2. The molecule has 0 radical (unpaired) electrons. The topological polar surface area (TPSA) is 90.0 Å². The first-order valence-electron chi connectivity index (χ1n) is 7.58. The van der Waals surface area contributed by atoms with Crippen molar-refractivity contribution in [2.45, 2.75) is 5.16 Å². The largest absolute Gasteiger partial charge is 0.366 e. The zero-order chi connectivity index (χ0) is 18.7. The molecule has 0 unspecified atom stereocenters. The first-order valence-corrected chi connectivity index (χ1v) is 8.81. The molecule has 6 nitrogen and oxygen atoms in total. The molecular weight excluding hydrogens is 355 g/mol. The number of imidazole rings is 1. The Balaban J connectivity index is 1.95. The van der Waals surface area contributed by atoms with E-state index in [2.05, 4.69) is 10.3 Å². The molecule has 3 aromatic rings. The number of rotatable bonds is 5. The lowest BCUT2D eigenvalue weighted by Gasteiger charge is -2.11. The summed E-state index contributed by atoms with van der Waals surface area (Å²) in [7, 11) is 0. The van der Waals surface area contributed by atoms with E-state index in [0.717, 1.165) is 0 Å². The summed E-state index contributed by atoms with van der Waals surface area (Å²) in [6.07, 6.45) is 3.28. The second kappa shape index (κ2) is 7.40. The molecule has 0 saturated heterocycles. The number of hydrogen-bond acceptors (Lipinski definition) is 4. The number of nitrogens with two attached hydrogens (primary N) is 1. The van der Waals surface area contributed by atoms with E-state index in [1.807, 2.05) is 6.26 Å². The molecule has 1 heterocycles. The normalized spacial score (nSPS) is 10.5. The Morgan fingerprint density at radius 3 is 2.58 bits per heavy atom. The van der Waals surface area contributed by atoms with Crippen LogP contribution in [0.2, 0.25) is 0 Å². The van der Waals surface area contributed by atoms with Gasteiger partial charge in [-0.05, 0) is 48.7 Å². The van der Waals surface area contributed by atoms with E-state index >= 15 is 0 Å². The molecule has 0 aliphatic rings. The molecule has 0 atom stereocenters. The molecule has 3 rings (SSSR count). The van der Waals surface area contributed by atoms with Gasteiger partial charge in [0.2, 0.25) is 5.91 Å². The highest BCUT2D eigenvalue weighted by Crippen LogP contribution is 2.23. The Labute approximate surface area is 153 Å². The minimum atomic E-state index is -0.581. The van der Waals surface area contributed by atoms with Gasteiger partial charge in [-0.2, -0.15) is 0 Å². The minimum Gasteiger partial charge on any atom is -0.366 e. The van der Waals surface area contributed by atoms with Crippen LogP contribution in [0.3, 0.4) is 0 Å². The smallest absolute Gasteiger partial charge is 0.274 e. The Hall–Kier alpha value is -3.13. The quantitative estimate of drug-likeness (QED) is 0.676. The van der Waals surface area contributed by atoms with Gasteiger partial charge >= 0.3 is 0 Å². The fourth-order valence-corrected chi connectivity index (χ4v) is 2.97. The third-order valence-corrected chi connectivity index (χ3v) is 4.29. The average Bonchev–Trinajstić information content (AvgIpc) is 3.06. The molecule has 0 fully saturated rings. The third kappa shape index (κ3) is 3.60. The van der Waals surface area contributed by atoms with Crippen molar-refractivity contribution >= 4 is 29.3 Å². The molecule has 8 heteroatoms. The van der Waals surface area contributed by atoms with Crippen LogP contribution in [-0.4, -0.2) is 27.6 Å². The van der Waals surface area contributed by atoms with E-state index in [-0.39, 0.29) is 11.5 Å². The highest BCUT2D eigenvalue weighted by Gasteiger charge is 2.18. The van der Waals surface area contributed by atoms with E-state index in [1.54, 1.807) is 34.9 Å². The summed E-state index contributed by atoms with van der Waals surface area (Å²) in [6, 6.07) is 12.1. The molecule has 26 heavy (non-hydrogen) atoms. The maximum atomic E-state index is 13.2. The number of benzene rings is 2. The van der Waals surface area contributed by atoms with Crippen LogP contribution in [0, 0.1) is 5.82 Å². The lowest BCUT2D eigenvalue weighted by Crippen LogP contribution is -2.17. The van der Waals surface area contributed by atoms with Gasteiger partial charge in [-0.15, -0.1) is 0 Å². The van der Waals surface area contributed by atoms with Gasteiger partial charge in [0.15, 0.2) is 5.16 Å². The zero-order valence-corrected chi connectivity index (χ0v) is 14.6. The second-order valence-electron chi connectivity index (χ2n) is 5.34. The van der Waals surface area contributed by atoms with E-state index in [1.165, 1.54) is 36.2 Å². The Bertz CT molecular complexity index is 970. The van der Waals surface area contributed by atoms with Gasteiger partial charge < -0.3 is 11.1 Å². The molecule has 0 saturated carbocycles. The van der Waals surface area contributed by atoms with Gasteiger partial charge in [-0.3, -0.25) is 14.2 Å². The number of thioether (sulfide) groups is 1. The van der Waals surface area contributed by atoms with Gasteiger partial charge in [0.05, 0.1) is 6.20 Å². The number of amides is 2. The molecular formula is C18H15FN4O2S. The Morgan fingerprint density at radius 2 is 1.92 bits per heavy atom. The molecule has 0 spiro atoms. The molecule has 0 bridgehead atoms. The molecule has 0 aliphatic heterocycles. The van der Waals surface area contributed by atoms with E-state index < -0.39 is 11.8 Å². The van der Waals surface area contributed by atoms with Gasteiger partial charge in [0.25, 0.3) is 5.91 Å². The Kier molecular flexibility index (Phi) is 5.04. The van der Waals surface area contributed by atoms with Crippen molar-refractivity contribution in [2.75, 3.05) is 11.6 Å². The SMILES string of the molecule is CSc1ncc(C(=O)Nc2cccc(C(N)=O)c2)n1-c1ccc(F)cc1. The van der Waals surface area contributed by atoms with Crippen LogP contribution < -0.4 is 11.1 Å². The van der Waals surface area contributed by atoms with E-state index in [9.17, 15) is 14.0 Å². The number of nitrogens with zero attached hydrogens (tertiary/aromatic N) is 2. The number of hydrogen-bond donors (Lipinski definition) is 2. The van der Waals surface area contributed by atoms with Gasteiger partial charge in [-0.1, -0.05) is 17.8 Å². The lowest BCUT2D eigenvalue weighted by atomic mass is 10.2. The number of primary amides is 1. The minimum absolute atomic E-state index is 0.283. The number of anilines is 1. The molecule has 132 valence electrons. The number of halogens is 1. The third-order valence-electron chi connectivity index (χ3n) is 3.63. The fourth-order valence-electron chi connectivity index (χ4n) is 2.42. The number of carbonyl (C=O) groups is 2. The summed E-state index contributed by atoms with van der Waals surface area (Å²) in [5.41, 5.74) is 6.88. The van der Waals surface area contributed by atoms with Crippen molar-refractivity contribution in [1.82, 2.24) is 9.55 Å². The van der Waals surface area contributed by atoms with Crippen LogP contribution in [0.4, 0.5) is 10.1 Å². The summed E-state index contributed by atoms with van der Waals surface area (Å²) >= 11 is 1.36. The Morgan fingerprint density at radius 1 is 1.19 bits per heavy atom. The van der Waals surface area contributed by atoms with Crippen molar-refractivity contribution in [3.8, 4) is 5.69 Å². The highest BCUT2D eigenvalue weighted by atomic mass is 32.2. The van der Waals surface area contributed by atoms with Crippen molar-refractivity contribution < 1.29 is 14.0 Å². The van der Waals surface area contributed by atoms with Gasteiger partial charge in [0, 0.05) is 16.9 Å².